The number of carbonyl (C=O) groups is 1. The van der Waals surface area contributed by atoms with Gasteiger partial charge in [-0.15, -0.1) is 0 Å². The van der Waals surface area contributed by atoms with Crippen molar-refractivity contribution in [1.29, 1.82) is 0 Å². The minimum Gasteiger partial charge on any atom is -0.383 e. The van der Waals surface area contributed by atoms with E-state index < -0.39 is 6.10 Å². The minimum atomic E-state index is -0.467. The Labute approximate surface area is 95.8 Å². The predicted molar refractivity (Wildman–Crippen MR) is 63.4 cm³/mol. The maximum Gasteiger partial charge on any atom is 0.195 e. The van der Waals surface area contributed by atoms with Gasteiger partial charge in [-0.2, -0.15) is 0 Å². The number of anilines is 1. The van der Waals surface area contributed by atoms with Crippen LogP contribution in [0, 0.1) is 12.8 Å². The molecule has 1 unspecified atom stereocenters. The highest BCUT2D eigenvalue weighted by atomic mass is 16.5. The SMILES string of the molecule is COC(C(=O)c1cc(C)cnc1N)C(C)C. The normalized spacial score (nSPS) is 12.8. The van der Waals surface area contributed by atoms with Crippen LogP contribution < -0.4 is 5.73 Å². The molecule has 0 spiro atoms. The second-order valence-corrected chi connectivity index (χ2v) is 4.21. The van der Waals surface area contributed by atoms with Gasteiger partial charge in [0, 0.05) is 13.3 Å². The number of aromatic nitrogens is 1. The summed E-state index contributed by atoms with van der Waals surface area (Å²) < 4.78 is 5.19. The van der Waals surface area contributed by atoms with E-state index in [9.17, 15) is 4.79 Å². The van der Waals surface area contributed by atoms with Gasteiger partial charge in [0.05, 0.1) is 5.56 Å². The second kappa shape index (κ2) is 5.07. The summed E-state index contributed by atoms with van der Waals surface area (Å²) in [6.07, 6.45) is 1.18. The third-order valence-electron chi connectivity index (χ3n) is 2.44. The number of ketones is 1. The molecule has 0 saturated heterocycles. The van der Waals surface area contributed by atoms with E-state index in [2.05, 4.69) is 4.98 Å². The van der Waals surface area contributed by atoms with Crippen LogP contribution in [0.3, 0.4) is 0 Å². The summed E-state index contributed by atoms with van der Waals surface area (Å²) in [5.74, 6) is 0.266. The van der Waals surface area contributed by atoms with Crippen molar-refractivity contribution in [1.82, 2.24) is 4.98 Å². The first kappa shape index (κ1) is 12.6. The average Bonchev–Trinajstić information content (AvgIpc) is 2.22. The number of aryl methyl sites for hydroxylation is 1. The van der Waals surface area contributed by atoms with Crippen LogP contribution in [0.15, 0.2) is 12.3 Å². The second-order valence-electron chi connectivity index (χ2n) is 4.21. The number of nitrogens with two attached hydrogens (primary N) is 1. The van der Waals surface area contributed by atoms with Gasteiger partial charge in [0.25, 0.3) is 0 Å². The Balaban J connectivity index is 3.08. The average molecular weight is 222 g/mol. The van der Waals surface area contributed by atoms with Gasteiger partial charge in [-0.05, 0) is 24.5 Å². The van der Waals surface area contributed by atoms with E-state index in [1.54, 1.807) is 12.3 Å². The highest BCUT2D eigenvalue weighted by Gasteiger charge is 2.25. The summed E-state index contributed by atoms with van der Waals surface area (Å²) in [4.78, 5) is 16.1. The Bertz CT molecular complexity index is 389. The highest BCUT2D eigenvalue weighted by Crippen LogP contribution is 2.17. The standard InChI is InChI=1S/C12H18N2O2/c1-7(2)11(16-4)10(15)9-5-8(3)6-14-12(9)13/h5-7,11H,1-4H3,(H2,13,14). The third kappa shape index (κ3) is 2.58. The lowest BCUT2D eigenvalue weighted by atomic mass is 9.97. The van der Waals surface area contributed by atoms with Crippen LogP contribution in [0.25, 0.3) is 0 Å². The molecule has 2 N–H and O–H groups in total. The topological polar surface area (TPSA) is 65.2 Å². The summed E-state index contributed by atoms with van der Waals surface area (Å²) in [5, 5.41) is 0. The highest BCUT2D eigenvalue weighted by molar-refractivity contribution is 6.03. The van der Waals surface area contributed by atoms with Crippen LogP contribution in [0.4, 0.5) is 5.82 Å². The number of pyridine rings is 1. The van der Waals surface area contributed by atoms with Crippen LogP contribution in [0.1, 0.15) is 29.8 Å². The third-order valence-corrected chi connectivity index (χ3v) is 2.44. The van der Waals surface area contributed by atoms with E-state index in [1.165, 1.54) is 7.11 Å². The summed E-state index contributed by atoms with van der Waals surface area (Å²) in [5.41, 5.74) is 7.05. The number of methoxy groups -OCH3 is 1. The smallest absolute Gasteiger partial charge is 0.195 e. The molecule has 1 atom stereocenters. The monoisotopic (exact) mass is 222 g/mol. The minimum absolute atomic E-state index is 0.105. The molecule has 0 aromatic carbocycles. The molecular weight excluding hydrogens is 204 g/mol. The number of Topliss-reactive ketones (excluding diaryl/α,β-unsaturated/α-hetero) is 1. The number of nitrogen functional groups attached to an aromatic ring is 1. The molecule has 0 bridgehead atoms. The van der Waals surface area contributed by atoms with Crippen LogP contribution in [-0.2, 0) is 4.74 Å². The summed E-state index contributed by atoms with van der Waals surface area (Å²) in [6, 6.07) is 1.75. The molecule has 4 heteroatoms. The first-order valence-corrected chi connectivity index (χ1v) is 5.26. The number of carbonyl (C=O) groups excluding carboxylic acids is 1. The molecule has 0 saturated carbocycles. The van der Waals surface area contributed by atoms with Crippen molar-refractivity contribution >= 4 is 11.6 Å². The van der Waals surface area contributed by atoms with E-state index in [0.29, 0.717) is 5.56 Å². The van der Waals surface area contributed by atoms with Gasteiger partial charge in [0.15, 0.2) is 5.78 Å². The van der Waals surface area contributed by atoms with E-state index in [-0.39, 0.29) is 17.5 Å². The van der Waals surface area contributed by atoms with Crippen LogP contribution in [0.2, 0.25) is 0 Å². The molecule has 0 aliphatic carbocycles. The van der Waals surface area contributed by atoms with E-state index >= 15 is 0 Å². The van der Waals surface area contributed by atoms with Gasteiger partial charge in [-0.3, -0.25) is 4.79 Å². The molecule has 0 aliphatic heterocycles. The van der Waals surface area contributed by atoms with Crippen molar-refractivity contribution < 1.29 is 9.53 Å². The van der Waals surface area contributed by atoms with E-state index in [1.807, 2.05) is 20.8 Å². The molecule has 16 heavy (non-hydrogen) atoms. The lowest BCUT2D eigenvalue weighted by molar-refractivity contribution is 0.0459. The lowest BCUT2D eigenvalue weighted by Gasteiger charge is -2.18. The van der Waals surface area contributed by atoms with Gasteiger partial charge < -0.3 is 10.5 Å². The first-order chi connectivity index (χ1) is 7.47. The number of hydrogen-bond donors (Lipinski definition) is 1. The van der Waals surface area contributed by atoms with Crippen molar-refractivity contribution in [3.8, 4) is 0 Å². The summed E-state index contributed by atoms with van der Waals surface area (Å²) >= 11 is 0. The van der Waals surface area contributed by atoms with Crippen LogP contribution >= 0.6 is 0 Å². The molecule has 4 nitrogen and oxygen atoms in total. The first-order valence-electron chi connectivity index (χ1n) is 5.26. The largest absolute Gasteiger partial charge is 0.383 e. The predicted octanol–water partition coefficient (Wildman–Crippen LogP) is 1.83. The summed E-state index contributed by atoms with van der Waals surface area (Å²) in [7, 11) is 1.53. The van der Waals surface area contributed by atoms with Crippen LogP contribution in [-0.4, -0.2) is 24.0 Å². The van der Waals surface area contributed by atoms with Gasteiger partial charge in [0.1, 0.15) is 11.9 Å². The van der Waals surface area contributed by atoms with Gasteiger partial charge in [0.2, 0.25) is 0 Å². The molecule has 1 rings (SSSR count). The van der Waals surface area contributed by atoms with Crippen LogP contribution in [0.5, 0.6) is 0 Å². The maximum absolute atomic E-state index is 12.1. The van der Waals surface area contributed by atoms with E-state index in [4.69, 9.17) is 10.5 Å². The molecule has 0 radical (unpaired) electrons. The van der Waals surface area contributed by atoms with Crippen molar-refractivity contribution in [2.24, 2.45) is 5.92 Å². The van der Waals surface area contributed by atoms with E-state index in [0.717, 1.165) is 5.56 Å². The summed E-state index contributed by atoms with van der Waals surface area (Å²) in [6.45, 7) is 5.75. The fourth-order valence-electron chi connectivity index (χ4n) is 1.61. The fraction of sp³-hybridized carbons (Fsp3) is 0.500. The Morgan fingerprint density at radius 1 is 1.50 bits per heavy atom. The lowest BCUT2D eigenvalue weighted by Crippen LogP contribution is -2.29. The van der Waals surface area contributed by atoms with Gasteiger partial charge in [-0.25, -0.2) is 4.98 Å². The zero-order valence-electron chi connectivity index (χ0n) is 10.2. The Kier molecular flexibility index (Phi) is 4.01. The van der Waals surface area contributed by atoms with Crippen molar-refractivity contribution in [3.63, 3.8) is 0 Å². The van der Waals surface area contributed by atoms with Gasteiger partial charge >= 0.3 is 0 Å². The Morgan fingerprint density at radius 3 is 2.62 bits per heavy atom. The van der Waals surface area contributed by atoms with Gasteiger partial charge in [-0.1, -0.05) is 13.8 Å². The maximum atomic E-state index is 12.1. The molecule has 0 amide bonds. The van der Waals surface area contributed by atoms with Crippen molar-refractivity contribution in [2.45, 2.75) is 26.9 Å². The molecule has 88 valence electrons. The molecule has 1 aromatic heterocycles. The fourth-order valence-corrected chi connectivity index (χ4v) is 1.61. The van der Waals surface area contributed by atoms with Crippen molar-refractivity contribution in [3.05, 3.63) is 23.4 Å². The quantitative estimate of drug-likeness (QED) is 0.789. The Hall–Kier alpha value is -1.42. The molecule has 1 aromatic rings. The zero-order valence-corrected chi connectivity index (χ0v) is 10.2. The number of nitrogens with zero attached hydrogens (tertiary/aromatic N) is 1. The zero-order chi connectivity index (χ0) is 12.3. The number of rotatable bonds is 4. The number of ether oxygens (including phenoxy) is 1. The van der Waals surface area contributed by atoms with Crippen molar-refractivity contribution in [2.75, 3.05) is 12.8 Å². The molecular formula is C12H18N2O2. The molecule has 0 aliphatic rings. The molecule has 0 fully saturated rings. The number of hydrogen-bond acceptors (Lipinski definition) is 4. The molecule has 1 heterocycles. The Morgan fingerprint density at radius 2 is 2.12 bits per heavy atom.